The number of carboxylic acid groups (broad SMARTS) is 1. The molecule has 1 N–H and O–H groups in total. The third kappa shape index (κ3) is 3.07. The number of carboxylic acids is 1. The Kier molecular flexibility index (Phi) is 3.20. The average molecular weight is 177 g/mol. The van der Waals surface area contributed by atoms with Crippen LogP contribution in [-0.4, -0.2) is 16.1 Å². The van der Waals surface area contributed by atoms with Gasteiger partial charge in [0, 0.05) is 18.0 Å². The third-order valence-corrected chi connectivity index (χ3v) is 1.77. The molecule has 0 aliphatic heterocycles. The number of hydrogen-bond donors (Lipinski definition) is 1. The van der Waals surface area contributed by atoms with Gasteiger partial charge < -0.3 is 5.11 Å². The lowest BCUT2D eigenvalue weighted by Gasteiger charge is -1.99. The first kappa shape index (κ1) is 9.45. The predicted molar refractivity (Wildman–Crippen MR) is 49.3 cm³/mol. The van der Waals surface area contributed by atoms with Crippen LogP contribution < -0.4 is 0 Å². The number of carbonyl (C=O) groups is 1. The normalized spacial score (nSPS) is 9.54. The van der Waals surface area contributed by atoms with E-state index in [-0.39, 0.29) is 5.57 Å². The van der Waals surface area contributed by atoms with Gasteiger partial charge in [-0.15, -0.1) is 0 Å². The molecule has 0 aromatic carbocycles. The summed E-state index contributed by atoms with van der Waals surface area (Å²) in [6.07, 6.45) is 4.57. The fourth-order valence-corrected chi connectivity index (χ4v) is 0.952. The van der Waals surface area contributed by atoms with Crippen molar-refractivity contribution < 1.29 is 9.90 Å². The summed E-state index contributed by atoms with van der Waals surface area (Å²) in [5.41, 5.74) is 1.33. The van der Waals surface area contributed by atoms with Crippen molar-refractivity contribution in [2.75, 3.05) is 0 Å². The molecule has 0 atom stereocenters. The minimum Gasteiger partial charge on any atom is -0.478 e. The second-order valence-electron chi connectivity index (χ2n) is 2.76. The summed E-state index contributed by atoms with van der Waals surface area (Å²) in [7, 11) is 0. The van der Waals surface area contributed by atoms with E-state index in [4.69, 9.17) is 5.11 Å². The van der Waals surface area contributed by atoms with E-state index in [1.807, 2.05) is 12.1 Å². The quantitative estimate of drug-likeness (QED) is 0.711. The van der Waals surface area contributed by atoms with Crippen molar-refractivity contribution in [3.05, 3.63) is 42.2 Å². The standard InChI is InChI=1S/C10H11NO2/c1-8(10(12)13)2-3-9-4-6-11-7-5-9/h4-7H,1-3H2,(H,12,13). The number of pyridine rings is 1. The minimum atomic E-state index is -0.922. The van der Waals surface area contributed by atoms with E-state index in [9.17, 15) is 4.79 Å². The topological polar surface area (TPSA) is 50.2 Å². The summed E-state index contributed by atoms with van der Waals surface area (Å²) in [4.78, 5) is 14.3. The smallest absolute Gasteiger partial charge is 0.330 e. The highest BCUT2D eigenvalue weighted by molar-refractivity contribution is 5.85. The van der Waals surface area contributed by atoms with Crippen molar-refractivity contribution in [3.8, 4) is 0 Å². The number of hydrogen-bond acceptors (Lipinski definition) is 2. The molecule has 3 heteroatoms. The molecule has 1 aromatic heterocycles. The molecule has 0 aliphatic carbocycles. The van der Waals surface area contributed by atoms with Gasteiger partial charge in [-0.25, -0.2) is 4.79 Å². The molecule has 0 spiro atoms. The largest absolute Gasteiger partial charge is 0.478 e. The van der Waals surface area contributed by atoms with E-state index >= 15 is 0 Å². The zero-order valence-electron chi connectivity index (χ0n) is 7.23. The van der Waals surface area contributed by atoms with Gasteiger partial charge in [0.2, 0.25) is 0 Å². The molecule has 0 radical (unpaired) electrons. The Bertz CT molecular complexity index is 306. The molecule has 0 aliphatic rings. The molecular formula is C10H11NO2. The minimum absolute atomic E-state index is 0.247. The first-order valence-corrected chi connectivity index (χ1v) is 4.00. The van der Waals surface area contributed by atoms with Gasteiger partial charge in [0.15, 0.2) is 0 Å². The van der Waals surface area contributed by atoms with Gasteiger partial charge in [-0.3, -0.25) is 4.98 Å². The Morgan fingerprint density at radius 2 is 2.08 bits per heavy atom. The summed E-state index contributed by atoms with van der Waals surface area (Å²) < 4.78 is 0. The van der Waals surface area contributed by atoms with Crippen LogP contribution in [0.2, 0.25) is 0 Å². The number of aliphatic carboxylic acids is 1. The molecule has 68 valence electrons. The molecule has 0 unspecified atom stereocenters. The van der Waals surface area contributed by atoms with E-state index in [1.165, 1.54) is 0 Å². The molecular weight excluding hydrogens is 166 g/mol. The van der Waals surface area contributed by atoms with Crippen LogP contribution in [0.5, 0.6) is 0 Å². The van der Waals surface area contributed by atoms with Crippen LogP contribution in [0.25, 0.3) is 0 Å². The zero-order valence-corrected chi connectivity index (χ0v) is 7.23. The van der Waals surface area contributed by atoms with Gasteiger partial charge in [-0.05, 0) is 30.5 Å². The summed E-state index contributed by atoms with van der Waals surface area (Å²) in [6, 6.07) is 3.74. The van der Waals surface area contributed by atoms with Gasteiger partial charge in [0.25, 0.3) is 0 Å². The first-order chi connectivity index (χ1) is 6.20. The predicted octanol–water partition coefficient (Wildman–Crippen LogP) is 1.66. The second-order valence-corrected chi connectivity index (χ2v) is 2.76. The Labute approximate surface area is 76.7 Å². The molecule has 13 heavy (non-hydrogen) atoms. The van der Waals surface area contributed by atoms with E-state index in [0.29, 0.717) is 12.8 Å². The van der Waals surface area contributed by atoms with Crippen LogP contribution in [0.15, 0.2) is 36.7 Å². The summed E-state index contributed by atoms with van der Waals surface area (Å²) in [5.74, 6) is -0.922. The van der Waals surface area contributed by atoms with Gasteiger partial charge in [-0.2, -0.15) is 0 Å². The molecule has 3 nitrogen and oxygen atoms in total. The Hall–Kier alpha value is -1.64. The van der Waals surface area contributed by atoms with Gasteiger partial charge in [-0.1, -0.05) is 6.58 Å². The Morgan fingerprint density at radius 1 is 1.46 bits per heavy atom. The lowest BCUT2D eigenvalue weighted by molar-refractivity contribution is -0.132. The number of nitrogens with zero attached hydrogens (tertiary/aromatic N) is 1. The number of aromatic nitrogens is 1. The molecule has 1 heterocycles. The highest BCUT2D eigenvalue weighted by atomic mass is 16.4. The maximum atomic E-state index is 10.4. The highest BCUT2D eigenvalue weighted by Gasteiger charge is 2.03. The van der Waals surface area contributed by atoms with Crippen molar-refractivity contribution >= 4 is 5.97 Å². The van der Waals surface area contributed by atoms with E-state index in [2.05, 4.69) is 11.6 Å². The molecule has 0 amide bonds. The van der Waals surface area contributed by atoms with E-state index in [0.717, 1.165) is 5.56 Å². The highest BCUT2D eigenvalue weighted by Crippen LogP contribution is 2.06. The zero-order chi connectivity index (χ0) is 9.68. The molecule has 0 saturated carbocycles. The van der Waals surface area contributed by atoms with Crippen molar-refractivity contribution in [1.82, 2.24) is 4.98 Å². The molecule has 0 bridgehead atoms. The average Bonchev–Trinajstić information content (AvgIpc) is 2.15. The van der Waals surface area contributed by atoms with Crippen molar-refractivity contribution in [3.63, 3.8) is 0 Å². The van der Waals surface area contributed by atoms with Crippen LogP contribution >= 0.6 is 0 Å². The van der Waals surface area contributed by atoms with Crippen LogP contribution in [-0.2, 0) is 11.2 Å². The Morgan fingerprint density at radius 3 is 2.62 bits per heavy atom. The van der Waals surface area contributed by atoms with Gasteiger partial charge >= 0.3 is 5.97 Å². The molecule has 1 rings (SSSR count). The van der Waals surface area contributed by atoms with Crippen LogP contribution in [0.3, 0.4) is 0 Å². The fourth-order valence-electron chi connectivity index (χ4n) is 0.952. The number of rotatable bonds is 4. The fraction of sp³-hybridized carbons (Fsp3) is 0.200. The second kappa shape index (κ2) is 4.40. The van der Waals surface area contributed by atoms with Crippen LogP contribution in [0.1, 0.15) is 12.0 Å². The van der Waals surface area contributed by atoms with E-state index < -0.39 is 5.97 Å². The maximum absolute atomic E-state index is 10.4. The lowest BCUT2D eigenvalue weighted by atomic mass is 10.1. The summed E-state index contributed by atoms with van der Waals surface area (Å²) >= 11 is 0. The Balaban J connectivity index is 2.44. The number of aryl methyl sites for hydroxylation is 1. The van der Waals surface area contributed by atoms with Gasteiger partial charge in [0.1, 0.15) is 0 Å². The molecule has 1 aromatic rings. The van der Waals surface area contributed by atoms with Crippen molar-refractivity contribution in [2.24, 2.45) is 0 Å². The maximum Gasteiger partial charge on any atom is 0.330 e. The lowest BCUT2D eigenvalue weighted by Crippen LogP contribution is -2.00. The van der Waals surface area contributed by atoms with E-state index in [1.54, 1.807) is 12.4 Å². The van der Waals surface area contributed by atoms with Gasteiger partial charge in [0.05, 0.1) is 0 Å². The SMILES string of the molecule is C=C(CCc1ccncc1)C(=O)O. The summed E-state index contributed by atoms with van der Waals surface area (Å²) in [6.45, 7) is 3.45. The molecule has 0 fully saturated rings. The monoisotopic (exact) mass is 177 g/mol. The van der Waals surface area contributed by atoms with Crippen molar-refractivity contribution in [2.45, 2.75) is 12.8 Å². The van der Waals surface area contributed by atoms with Crippen molar-refractivity contribution in [1.29, 1.82) is 0 Å². The third-order valence-electron chi connectivity index (χ3n) is 1.77. The first-order valence-electron chi connectivity index (χ1n) is 4.00. The summed E-state index contributed by atoms with van der Waals surface area (Å²) in [5, 5.41) is 8.55. The molecule has 0 saturated heterocycles. The van der Waals surface area contributed by atoms with Crippen LogP contribution in [0, 0.1) is 0 Å². The van der Waals surface area contributed by atoms with Crippen LogP contribution in [0.4, 0.5) is 0 Å².